The number of para-hydroxylation sites is 3. The van der Waals surface area contributed by atoms with E-state index in [-0.39, 0.29) is 0 Å². The zero-order chi connectivity index (χ0) is 22.6. The molecular weight excluding hydrogens is 442 g/mol. The van der Waals surface area contributed by atoms with Gasteiger partial charge < -0.3 is 13.7 Å². The van der Waals surface area contributed by atoms with Crippen molar-refractivity contribution in [2.75, 3.05) is 4.90 Å². The van der Waals surface area contributed by atoms with Crippen LogP contribution < -0.4 is 4.90 Å². The molecule has 0 spiro atoms. The molecule has 2 aromatic heterocycles. The maximum Gasteiger partial charge on any atom is 0.159 e. The van der Waals surface area contributed by atoms with E-state index in [1.165, 1.54) is 0 Å². The van der Waals surface area contributed by atoms with Gasteiger partial charge in [0.15, 0.2) is 5.58 Å². The summed E-state index contributed by atoms with van der Waals surface area (Å²) in [4.78, 5) is 2.24. The first-order valence-electron chi connectivity index (χ1n) is 11.1. The second-order valence-corrected chi connectivity index (χ2v) is 8.78. The third-order valence-corrected chi connectivity index (χ3v) is 6.55. The normalized spacial score (nSPS) is 11.7. The smallest absolute Gasteiger partial charge is 0.159 e. The quantitative estimate of drug-likeness (QED) is 0.263. The molecule has 0 aliphatic carbocycles. The molecule has 0 amide bonds. The minimum Gasteiger partial charge on any atom is -0.456 e. The van der Waals surface area contributed by atoms with Gasteiger partial charge in [0.25, 0.3) is 0 Å². The van der Waals surface area contributed by atoms with Crippen LogP contribution in [0.5, 0.6) is 0 Å². The molecule has 0 radical (unpaired) electrons. The first-order chi connectivity index (χ1) is 16.8. The van der Waals surface area contributed by atoms with Crippen molar-refractivity contribution in [1.29, 1.82) is 0 Å². The van der Waals surface area contributed by atoms with E-state index >= 15 is 0 Å². The summed E-state index contributed by atoms with van der Waals surface area (Å²) in [5.41, 5.74) is 6.40. The van der Waals surface area contributed by atoms with Crippen molar-refractivity contribution in [3.8, 4) is 0 Å². The molecule has 0 aliphatic heterocycles. The highest BCUT2D eigenvalue weighted by molar-refractivity contribution is 6.31. The highest BCUT2D eigenvalue weighted by Gasteiger charge is 2.20. The molecule has 7 aromatic rings. The fourth-order valence-corrected chi connectivity index (χ4v) is 4.95. The predicted octanol–water partition coefficient (Wildman–Crippen LogP) is 9.61. The number of hydrogen-bond acceptors (Lipinski definition) is 3. The number of fused-ring (bicyclic) bond motifs is 6. The Kier molecular flexibility index (Phi) is 4.20. The molecule has 0 atom stereocenters. The van der Waals surface area contributed by atoms with Crippen molar-refractivity contribution in [3.63, 3.8) is 0 Å². The molecule has 5 aromatic carbocycles. The number of benzene rings is 5. The summed E-state index contributed by atoms with van der Waals surface area (Å²) in [7, 11) is 0. The summed E-state index contributed by atoms with van der Waals surface area (Å²) in [5, 5.41) is 4.95. The van der Waals surface area contributed by atoms with Crippen LogP contribution in [0.4, 0.5) is 17.1 Å². The van der Waals surface area contributed by atoms with E-state index in [0.717, 1.165) is 60.9 Å². The number of nitrogens with zero attached hydrogens (tertiary/aromatic N) is 1. The first kappa shape index (κ1) is 19.3. The summed E-state index contributed by atoms with van der Waals surface area (Å²) in [6.45, 7) is 0. The van der Waals surface area contributed by atoms with Crippen LogP contribution in [-0.4, -0.2) is 0 Å². The summed E-state index contributed by atoms with van der Waals surface area (Å²) >= 11 is 6.20. The topological polar surface area (TPSA) is 29.5 Å². The first-order valence-corrected chi connectivity index (χ1v) is 11.5. The van der Waals surface area contributed by atoms with Crippen LogP contribution in [0, 0.1) is 0 Å². The Labute approximate surface area is 200 Å². The Bertz CT molecular complexity index is 1830. The van der Waals surface area contributed by atoms with Crippen LogP contribution >= 0.6 is 11.6 Å². The van der Waals surface area contributed by atoms with Crippen LogP contribution in [0.25, 0.3) is 43.9 Å². The minimum absolute atomic E-state index is 0.661. The molecule has 7 rings (SSSR count). The van der Waals surface area contributed by atoms with Crippen LogP contribution in [0.15, 0.2) is 118 Å². The van der Waals surface area contributed by atoms with Gasteiger partial charge >= 0.3 is 0 Å². The van der Waals surface area contributed by atoms with Crippen molar-refractivity contribution < 1.29 is 8.83 Å². The Morgan fingerprint density at radius 3 is 2.18 bits per heavy atom. The van der Waals surface area contributed by atoms with E-state index in [1.54, 1.807) is 0 Å². The van der Waals surface area contributed by atoms with Crippen LogP contribution in [0.2, 0.25) is 5.02 Å². The Morgan fingerprint density at radius 1 is 0.500 bits per heavy atom. The summed E-state index contributed by atoms with van der Waals surface area (Å²) in [6.07, 6.45) is 0. The third-order valence-electron chi connectivity index (χ3n) is 6.31. The number of rotatable bonds is 3. The average molecular weight is 460 g/mol. The van der Waals surface area contributed by atoms with Gasteiger partial charge in [0.1, 0.15) is 16.7 Å². The zero-order valence-corrected chi connectivity index (χ0v) is 18.8. The molecule has 0 N–H and O–H groups in total. The Balaban J connectivity index is 1.52. The lowest BCUT2D eigenvalue weighted by Crippen LogP contribution is -2.10. The van der Waals surface area contributed by atoms with Gasteiger partial charge in [-0.15, -0.1) is 0 Å². The van der Waals surface area contributed by atoms with E-state index in [0.29, 0.717) is 5.02 Å². The van der Waals surface area contributed by atoms with Crippen LogP contribution in [-0.2, 0) is 0 Å². The standard InChI is InChI=1S/C30H18ClNO2/c31-19-13-15-23-25-18-21(14-16-28(25)33-29(23)17-19)32(20-7-2-1-3-8-20)26-11-6-10-24-22-9-4-5-12-27(22)34-30(24)26/h1-18H. The lowest BCUT2D eigenvalue weighted by Gasteiger charge is -2.25. The summed E-state index contributed by atoms with van der Waals surface area (Å²) in [5.74, 6) is 0. The van der Waals surface area contributed by atoms with Crippen molar-refractivity contribution >= 4 is 72.5 Å². The van der Waals surface area contributed by atoms with Gasteiger partial charge in [-0.05, 0) is 54.6 Å². The zero-order valence-electron chi connectivity index (χ0n) is 18.0. The van der Waals surface area contributed by atoms with Crippen molar-refractivity contribution in [3.05, 3.63) is 114 Å². The van der Waals surface area contributed by atoms with E-state index in [1.807, 2.05) is 48.5 Å². The van der Waals surface area contributed by atoms with Gasteiger partial charge in [0.2, 0.25) is 0 Å². The molecule has 3 nitrogen and oxygen atoms in total. The second-order valence-electron chi connectivity index (χ2n) is 8.35. The van der Waals surface area contributed by atoms with Crippen LogP contribution in [0.1, 0.15) is 0 Å². The maximum atomic E-state index is 6.39. The molecule has 162 valence electrons. The molecule has 0 saturated heterocycles. The van der Waals surface area contributed by atoms with Gasteiger partial charge in [0.05, 0.1) is 5.69 Å². The lowest BCUT2D eigenvalue weighted by atomic mass is 10.1. The Morgan fingerprint density at radius 2 is 1.26 bits per heavy atom. The second kappa shape index (κ2) is 7.41. The number of hydrogen-bond donors (Lipinski definition) is 0. The van der Waals surface area contributed by atoms with Crippen molar-refractivity contribution in [2.45, 2.75) is 0 Å². The van der Waals surface area contributed by atoms with E-state index in [9.17, 15) is 0 Å². The van der Waals surface area contributed by atoms with Gasteiger partial charge in [-0.1, -0.05) is 60.1 Å². The van der Waals surface area contributed by atoms with Crippen molar-refractivity contribution in [1.82, 2.24) is 0 Å². The highest BCUT2D eigenvalue weighted by atomic mass is 35.5. The van der Waals surface area contributed by atoms with E-state index in [4.69, 9.17) is 20.4 Å². The number of anilines is 3. The van der Waals surface area contributed by atoms with Gasteiger partial charge in [-0.2, -0.15) is 0 Å². The molecule has 4 heteroatoms. The minimum atomic E-state index is 0.661. The third kappa shape index (κ3) is 2.91. The molecule has 0 bridgehead atoms. The monoisotopic (exact) mass is 459 g/mol. The average Bonchev–Trinajstić information content (AvgIpc) is 3.43. The fraction of sp³-hybridized carbons (Fsp3) is 0. The molecule has 0 aliphatic rings. The largest absolute Gasteiger partial charge is 0.456 e. The Hall–Kier alpha value is -4.21. The van der Waals surface area contributed by atoms with E-state index in [2.05, 4.69) is 65.6 Å². The van der Waals surface area contributed by atoms with Gasteiger partial charge in [-0.25, -0.2) is 0 Å². The maximum absolute atomic E-state index is 6.39. The summed E-state index contributed by atoms with van der Waals surface area (Å²) < 4.78 is 12.5. The van der Waals surface area contributed by atoms with Crippen molar-refractivity contribution in [2.24, 2.45) is 0 Å². The number of furan rings is 2. The summed E-state index contributed by atoms with van der Waals surface area (Å²) in [6, 6.07) is 36.9. The molecule has 2 heterocycles. The molecule has 34 heavy (non-hydrogen) atoms. The highest BCUT2D eigenvalue weighted by Crippen LogP contribution is 2.43. The molecule has 0 saturated carbocycles. The van der Waals surface area contributed by atoms with Gasteiger partial charge in [-0.3, -0.25) is 0 Å². The number of halogens is 1. The fourth-order valence-electron chi connectivity index (χ4n) is 4.79. The lowest BCUT2D eigenvalue weighted by molar-refractivity contribution is 0.669. The predicted molar refractivity (Wildman–Crippen MR) is 141 cm³/mol. The molecular formula is C30H18ClNO2. The van der Waals surface area contributed by atoms with Crippen LogP contribution in [0.3, 0.4) is 0 Å². The molecule has 0 fully saturated rings. The van der Waals surface area contributed by atoms with E-state index < -0.39 is 0 Å². The SMILES string of the molecule is Clc1ccc2c(c1)oc1ccc(N(c3ccccc3)c3cccc4c3oc3ccccc34)cc12. The van der Waals surface area contributed by atoms with Gasteiger partial charge in [0, 0.05) is 44.0 Å². The molecule has 0 unspecified atom stereocenters.